The fourth-order valence-corrected chi connectivity index (χ4v) is 2.18. The molecule has 0 aromatic heterocycles. The fourth-order valence-electron chi connectivity index (χ4n) is 1.72. The zero-order valence-electron chi connectivity index (χ0n) is 11.0. The molecular formula is C15H15BrN2O2. The molecule has 0 aliphatic heterocycles. The van der Waals surface area contributed by atoms with Crippen LogP contribution in [0.4, 0.5) is 0 Å². The molecule has 0 aliphatic carbocycles. The lowest BCUT2D eigenvalue weighted by atomic mass is 10.2. The molecular weight excluding hydrogens is 320 g/mol. The predicted octanol–water partition coefficient (Wildman–Crippen LogP) is 3.90. The number of halogens is 1. The Kier molecular flexibility index (Phi) is 4.63. The highest BCUT2D eigenvalue weighted by Crippen LogP contribution is 2.30. The molecule has 104 valence electrons. The summed E-state index contributed by atoms with van der Waals surface area (Å²) in [6.45, 7) is 2.11. The number of benzene rings is 2. The second kappa shape index (κ2) is 6.43. The summed E-state index contributed by atoms with van der Waals surface area (Å²) in [6.07, 6.45) is 0.998. The van der Waals surface area contributed by atoms with E-state index in [1.165, 1.54) is 5.56 Å². The molecule has 0 amide bonds. The van der Waals surface area contributed by atoms with Crippen LogP contribution in [0.1, 0.15) is 18.1 Å². The standard InChI is InChI=1S/C15H15BrN2O2/c1-2-10-3-6-12(7-4-10)20-14-8-5-11(9-13(14)16)15(17)18-19/h3-9,19H,2H2,1H3,(H2,17,18). The van der Waals surface area contributed by atoms with E-state index in [0.29, 0.717) is 11.3 Å². The lowest BCUT2D eigenvalue weighted by molar-refractivity contribution is 0.318. The zero-order valence-corrected chi connectivity index (χ0v) is 12.6. The minimum absolute atomic E-state index is 0.0598. The fraction of sp³-hybridized carbons (Fsp3) is 0.133. The summed E-state index contributed by atoms with van der Waals surface area (Å²) >= 11 is 3.41. The molecule has 0 heterocycles. The number of rotatable bonds is 4. The van der Waals surface area contributed by atoms with E-state index >= 15 is 0 Å². The monoisotopic (exact) mass is 334 g/mol. The van der Waals surface area contributed by atoms with Crippen LogP contribution in [0.5, 0.6) is 11.5 Å². The van der Waals surface area contributed by atoms with Gasteiger partial charge in [-0.05, 0) is 58.2 Å². The quantitative estimate of drug-likeness (QED) is 0.385. The first kappa shape index (κ1) is 14.4. The topological polar surface area (TPSA) is 67.8 Å². The van der Waals surface area contributed by atoms with E-state index in [1.54, 1.807) is 18.2 Å². The lowest BCUT2D eigenvalue weighted by Gasteiger charge is -2.09. The van der Waals surface area contributed by atoms with E-state index in [1.807, 2.05) is 24.3 Å². The largest absolute Gasteiger partial charge is 0.456 e. The van der Waals surface area contributed by atoms with Gasteiger partial charge in [-0.15, -0.1) is 0 Å². The number of hydrogen-bond acceptors (Lipinski definition) is 3. The van der Waals surface area contributed by atoms with Gasteiger partial charge in [0.05, 0.1) is 4.47 Å². The number of oxime groups is 1. The van der Waals surface area contributed by atoms with Gasteiger partial charge in [-0.2, -0.15) is 0 Å². The van der Waals surface area contributed by atoms with Crippen LogP contribution in [0.2, 0.25) is 0 Å². The van der Waals surface area contributed by atoms with Crippen LogP contribution in [0.25, 0.3) is 0 Å². The third-order valence-corrected chi connectivity index (χ3v) is 3.51. The summed E-state index contributed by atoms with van der Waals surface area (Å²) in [5, 5.41) is 11.6. The zero-order chi connectivity index (χ0) is 14.5. The highest BCUT2D eigenvalue weighted by molar-refractivity contribution is 9.10. The van der Waals surface area contributed by atoms with Crippen molar-refractivity contribution in [2.24, 2.45) is 10.9 Å². The Balaban J connectivity index is 2.20. The maximum absolute atomic E-state index is 8.65. The van der Waals surface area contributed by atoms with E-state index in [-0.39, 0.29) is 5.84 Å². The average Bonchev–Trinajstić information content (AvgIpc) is 2.49. The Morgan fingerprint density at radius 1 is 1.25 bits per heavy atom. The molecule has 0 aliphatic rings. The van der Waals surface area contributed by atoms with E-state index < -0.39 is 0 Å². The van der Waals surface area contributed by atoms with Gasteiger partial charge in [0.1, 0.15) is 11.5 Å². The van der Waals surface area contributed by atoms with Crippen LogP contribution >= 0.6 is 15.9 Å². The van der Waals surface area contributed by atoms with Gasteiger partial charge < -0.3 is 15.7 Å². The number of nitrogens with two attached hydrogens (primary N) is 1. The Bertz CT molecular complexity index is 624. The number of hydrogen-bond donors (Lipinski definition) is 2. The lowest BCUT2D eigenvalue weighted by Crippen LogP contribution is -2.12. The minimum Gasteiger partial charge on any atom is -0.456 e. The van der Waals surface area contributed by atoms with Crippen molar-refractivity contribution in [3.05, 3.63) is 58.1 Å². The van der Waals surface area contributed by atoms with E-state index in [2.05, 4.69) is 28.0 Å². The van der Waals surface area contributed by atoms with Crippen LogP contribution in [0.15, 0.2) is 52.1 Å². The van der Waals surface area contributed by atoms with E-state index in [0.717, 1.165) is 16.6 Å². The number of aryl methyl sites for hydroxylation is 1. The van der Waals surface area contributed by atoms with Gasteiger partial charge in [0.2, 0.25) is 0 Å². The van der Waals surface area contributed by atoms with Crippen molar-refractivity contribution < 1.29 is 9.94 Å². The average molecular weight is 335 g/mol. The van der Waals surface area contributed by atoms with E-state index in [9.17, 15) is 0 Å². The summed E-state index contributed by atoms with van der Waals surface area (Å²) in [4.78, 5) is 0. The van der Waals surface area contributed by atoms with Crippen molar-refractivity contribution in [3.8, 4) is 11.5 Å². The van der Waals surface area contributed by atoms with Gasteiger partial charge in [-0.1, -0.05) is 24.2 Å². The summed E-state index contributed by atoms with van der Waals surface area (Å²) in [5.41, 5.74) is 7.42. The Morgan fingerprint density at radius 3 is 2.50 bits per heavy atom. The molecule has 0 fully saturated rings. The summed E-state index contributed by atoms with van der Waals surface area (Å²) in [5.74, 6) is 1.49. The molecule has 0 bridgehead atoms. The number of nitrogens with zero attached hydrogens (tertiary/aromatic N) is 1. The van der Waals surface area contributed by atoms with Crippen LogP contribution in [-0.2, 0) is 6.42 Å². The molecule has 0 radical (unpaired) electrons. The van der Waals surface area contributed by atoms with E-state index in [4.69, 9.17) is 15.7 Å². The third kappa shape index (κ3) is 3.30. The second-order valence-corrected chi connectivity index (χ2v) is 5.08. The first-order valence-corrected chi connectivity index (χ1v) is 6.97. The van der Waals surface area contributed by atoms with Gasteiger partial charge in [-0.3, -0.25) is 0 Å². The maximum atomic E-state index is 8.65. The molecule has 3 N–H and O–H groups in total. The maximum Gasteiger partial charge on any atom is 0.170 e. The third-order valence-electron chi connectivity index (χ3n) is 2.89. The summed E-state index contributed by atoms with van der Waals surface area (Å²) < 4.78 is 6.52. The first-order chi connectivity index (χ1) is 9.63. The molecule has 2 aromatic rings. The SMILES string of the molecule is CCc1ccc(Oc2ccc(/C(N)=N/O)cc2Br)cc1. The van der Waals surface area contributed by atoms with Crippen molar-refractivity contribution in [3.63, 3.8) is 0 Å². The molecule has 20 heavy (non-hydrogen) atoms. The molecule has 4 nitrogen and oxygen atoms in total. The van der Waals surface area contributed by atoms with Gasteiger partial charge in [0.15, 0.2) is 5.84 Å². The number of ether oxygens (including phenoxy) is 1. The number of amidine groups is 1. The van der Waals surface area contributed by atoms with Gasteiger partial charge >= 0.3 is 0 Å². The first-order valence-electron chi connectivity index (χ1n) is 6.18. The summed E-state index contributed by atoms with van der Waals surface area (Å²) in [6, 6.07) is 13.2. The molecule has 0 saturated carbocycles. The molecule has 0 saturated heterocycles. The summed E-state index contributed by atoms with van der Waals surface area (Å²) in [7, 11) is 0. The van der Waals surface area contributed by atoms with Crippen molar-refractivity contribution >= 4 is 21.8 Å². The van der Waals surface area contributed by atoms with Crippen molar-refractivity contribution in [2.75, 3.05) is 0 Å². The Morgan fingerprint density at radius 2 is 1.95 bits per heavy atom. The van der Waals surface area contributed by atoms with Crippen LogP contribution in [0.3, 0.4) is 0 Å². The molecule has 0 spiro atoms. The normalized spacial score (nSPS) is 11.4. The van der Waals surface area contributed by atoms with Crippen LogP contribution in [-0.4, -0.2) is 11.0 Å². The van der Waals surface area contributed by atoms with Gasteiger partial charge in [-0.25, -0.2) is 0 Å². The predicted molar refractivity (Wildman–Crippen MR) is 82.5 cm³/mol. The van der Waals surface area contributed by atoms with Gasteiger partial charge in [0, 0.05) is 5.56 Å². The Labute approximate surface area is 126 Å². The minimum atomic E-state index is 0.0598. The van der Waals surface area contributed by atoms with Crippen LogP contribution < -0.4 is 10.5 Å². The highest BCUT2D eigenvalue weighted by atomic mass is 79.9. The van der Waals surface area contributed by atoms with Crippen LogP contribution in [0, 0.1) is 0 Å². The molecule has 0 unspecified atom stereocenters. The molecule has 2 aromatic carbocycles. The van der Waals surface area contributed by atoms with Crippen molar-refractivity contribution in [2.45, 2.75) is 13.3 Å². The van der Waals surface area contributed by atoms with Crippen molar-refractivity contribution in [1.29, 1.82) is 0 Å². The van der Waals surface area contributed by atoms with Crippen molar-refractivity contribution in [1.82, 2.24) is 0 Å². The second-order valence-electron chi connectivity index (χ2n) is 4.23. The smallest absolute Gasteiger partial charge is 0.170 e. The molecule has 2 rings (SSSR count). The Hall–Kier alpha value is -2.01. The highest BCUT2D eigenvalue weighted by Gasteiger charge is 2.06. The molecule has 0 atom stereocenters. The molecule has 5 heteroatoms. The van der Waals surface area contributed by atoms with Gasteiger partial charge in [0.25, 0.3) is 0 Å².